The number of likely N-dealkylation sites (tertiary alicyclic amines) is 1. The zero-order valence-corrected chi connectivity index (χ0v) is 24.2. The molecule has 4 rings (SSSR count). The highest BCUT2D eigenvalue weighted by atomic mass is 19.1. The molecule has 1 aliphatic heterocycles. The van der Waals surface area contributed by atoms with E-state index in [0.717, 1.165) is 67.4 Å². The van der Waals surface area contributed by atoms with E-state index >= 15 is 0 Å². The molecule has 3 aromatic rings. The van der Waals surface area contributed by atoms with Crippen LogP contribution in [0.15, 0.2) is 54.6 Å². The van der Waals surface area contributed by atoms with E-state index in [4.69, 9.17) is 9.47 Å². The molecule has 1 amide bonds. The molecule has 6 nitrogen and oxygen atoms in total. The Balaban J connectivity index is 1.66. The molecule has 0 aromatic heterocycles. The van der Waals surface area contributed by atoms with Crippen molar-refractivity contribution < 1.29 is 27.8 Å². The number of nitrogens with one attached hydrogen (secondary N) is 1. The lowest BCUT2D eigenvalue weighted by Gasteiger charge is -2.43. The number of ether oxygens (including phenoxy) is 2. The molecule has 8 heteroatoms. The van der Waals surface area contributed by atoms with Gasteiger partial charge in [-0.2, -0.15) is 0 Å². The molecule has 0 bridgehead atoms. The lowest BCUT2D eigenvalue weighted by molar-refractivity contribution is -0.140. The van der Waals surface area contributed by atoms with Crippen LogP contribution in [0.3, 0.4) is 0 Å². The first kappa shape index (κ1) is 30.2. The minimum Gasteiger partial charge on any atom is -0.486 e. The van der Waals surface area contributed by atoms with Crippen LogP contribution < -0.4 is 10.1 Å². The summed E-state index contributed by atoms with van der Waals surface area (Å²) in [5, 5.41) is 3.39. The van der Waals surface area contributed by atoms with Gasteiger partial charge in [-0.05, 0) is 74.5 Å². The van der Waals surface area contributed by atoms with Gasteiger partial charge in [0.1, 0.15) is 12.4 Å². The second-order valence-electron chi connectivity index (χ2n) is 10.8. The zero-order chi connectivity index (χ0) is 29.6. The first-order chi connectivity index (χ1) is 19.6. The number of methoxy groups -OCH3 is 1. The van der Waals surface area contributed by atoms with Crippen molar-refractivity contribution in [3.05, 3.63) is 99.6 Å². The predicted molar refractivity (Wildman–Crippen MR) is 154 cm³/mol. The van der Waals surface area contributed by atoms with Crippen molar-refractivity contribution in [2.45, 2.75) is 58.6 Å². The van der Waals surface area contributed by atoms with E-state index in [2.05, 4.69) is 49.2 Å². The van der Waals surface area contributed by atoms with Crippen LogP contribution in [0.25, 0.3) is 0 Å². The van der Waals surface area contributed by atoms with E-state index in [1.165, 1.54) is 7.11 Å². The summed E-state index contributed by atoms with van der Waals surface area (Å²) in [5.74, 6) is -2.11. The minimum atomic E-state index is -0.673. The summed E-state index contributed by atoms with van der Waals surface area (Å²) >= 11 is 0. The Morgan fingerprint density at radius 1 is 0.976 bits per heavy atom. The molecule has 41 heavy (non-hydrogen) atoms. The van der Waals surface area contributed by atoms with Gasteiger partial charge in [0.2, 0.25) is 0 Å². The average molecular weight is 565 g/mol. The highest BCUT2D eigenvalue weighted by Crippen LogP contribution is 2.35. The maximum atomic E-state index is 14.1. The van der Waals surface area contributed by atoms with Gasteiger partial charge in [-0.25, -0.2) is 8.78 Å². The lowest BCUT2D eigenvalue weighted by atomic mass is 9.79. The van der Waals surface area contributed by atoms with E-state index < -0.39 is 17.2 Å². The summed E-state index contributed by atoms with van der Waals surface area (Å²) in [6, 6.07) is 14.7. The third-order valence-electron chi connectivity index (χ3n) is 7.82. The van der Waals surface area contributed by atoms with Gasteiger partial charge >= 0.3 is 5.97 Å². The molecule has 1 fully saturated rings. The zero-order valence-electron chi connectivity index (χ0n) is 24.2. The number of esters is 1. The maximum absolute atomic E-state index is 14.1. The Kier molecular flexibility index (Phi) is 9.76. The Hall–Kier alpha value is -3.78. The highest BCUT2D eigenvalue weighted by molar-refractivity contribution is 5.96. The van der Waals surface area contributed by atoms with E-state index in [1.807, 2.05) is 0 Å². The van der Waals surface area contributed by atoms with E-state index in [-0.39, 0.29) is 30.7 Å². The predicted octanol–water partition coefficient (Wildman–Crippen LogP) is 6.01. The summed E-state index contributed by atoms with van der Waals surface area (Å²) in [5.41, 5.74) is 4.50. The normalized spacial score (nSPS) is 14.9. The van der Waals surface area contributed by atoms with Gasteiger partial charge < -0.3 is 19.7 Å². The quantitative estimate of drug-likeness (QED) is 0.306. The fourth-order valence-electron chi connectivity index (χ4n) is 5.50. The first-order valence-corrected chi connectivity index (χ1v) is 14.0. The second-order valence-corrected chi connectivity index (χ2v) is 10.8. The fourth-order valence-corrected chi connectivity index (χ4v) is 5.50. The maximum Gasteiger partial charge on any atom is 0.305 e. The molecule has 0 aliphatic carbocycles. The molecule has 0 atom stereocenters. The molecule has 0 saturated carbocycles. The highest BCUT2D eigenvalue weighted by Gasteiger charge is 2.38. The van der Waals surface area contributed by atoms with Crippen molar-refractivity contribution in [2.75, 3.05) is 26.7 Å². The van der Waals surface area contributed by atoms with Crippen LogP contribution in [0.4, 0.5) is 8.78 Å². The number of hydrogen-bond donors (Lipinski definition) is 1. The average Bonchev–Trinajstić information content (AvgIpc) is 2.96. The fraction of sp³-hybridized carbons (Fsp3) is 0.394. The first-order valence-electron chi connectivity index (χ1n) is 14.0. The molecule has 3 aromatic carbocycles. The standard InChI is InChI=1S/C33H38F2N2O4/c1-5-37-14-12-33(13-15-37,26-17-22(2)16-23(3)18-26)36-32(39)28-19-24(6-7-25(28)8-11-31(38)40-4)21-41-30-20-27(34)9-10-29(30)35/h6-7,9-10,16-20H,5,8,11-15,21H2,1-4H3,(H,36,39). The molecule has 0 unspecified atom stereocenters. The van der Waals surface area contributed by atoms with Gasteiger partial charge in [0.05, 0.1) is 12.6 Å². The number of aryl methyl sites for hydroxylation is 3. The number of piperidine rings is 1. The Bertz CT molecular complexity index is 1380. The minimum absolute atomic E-state index is 0.0639. The van der Waals surface area contributed by atoms with Crippen molar-refractivity contribution in [1.29, 1.82) is 0 Å². The largest absolute Gasteiger partial charge is 0.486 e. The van der Waals surface area contributed by atoms with Gasteiger partial charge in [-0.15, -0.1) is 0 Å². The van der Waals surface area contributed by atoms with E-state index in [9.17, 15) is 18.4 Å². The molecule has 0 spiro atoms. The SMILES string of the molecule is CCN1CCC(NC(=O)c2cc(COc3cc(F)ccc3F)ccc2CCC(=O)OC)(c2cc(C)cc(C)c2)CC1. The van der Waals surface area contributed by atoms with Crippen molar-refractivity contribution in [3.63, 3.8) is 0 Å². The topological polar surface area (TPSA) is 67.9 Å². The van der Waals surface area contributed by atoms with E-state index in [1.54, 1.807) is 18.2 Å². The summed E-state index contributed by atoms with van der Waals surface area (Å²) in [6.07, 6.45) is 1.95. The van der Waals surface area contributed by atoms with Crippen LogP contribution in [-0.2, 0) is 28.1 Å². The van der Waals surface area contributed by atoms with E-state index in [0.29, 0.717) is 23.1 Å². The Labute approximate surface area is 240 Å². The van der Waals surface area contributed by atoms with Crippen LogP contribution in [0, 0.1) is 25.5 Å². The number of hydrogen-bond acceptors (Lipinski definition) is 5. The number of rotatable bonds is 10. The van der Waals surface area contributed by atoms with Crippen LogP contribution in [0.2, 0.25) is 0 Å². The molecular weight excluding hydrogens is 526 g/mol. The third kappa shape index (κ3) is 7.50. The summed E-state index contributed by atoms with van der Waals surface area (Å²) in [6.45, 7) is 8.84. The van der Waals surface area contributed by atoms with Gasteiger partial charge in [0, 0.05) is 31.1 Å². The van der Waals surface area contributed by atoms with Crippen molar-refractivity contribution in [1.82, 2.24) is 10.2 Å². The van der Waals surface area contributed by atoms with Gasteiger partial charge in [-0.3, -0.25) is 9.59 Å². The Morgan fingerprint density at radius 3 is 2.34 bits per heavy atom. The monoisotopic (exact) mass is 564 g/mol. The van der Waals surface area contributed by atoms with Crippen molar-refractivity contribution in [3.8, 4) is 5.75 Å². The lowest BCUT2D eigenvalue weighted by Crippen LogP contribution is -2.53. The summed E-state index contributed by atoms with van der Waals surface area (Å²) in [7, 11) is 1.33. The number of carbonyl (C=O) groups excluding carboxylic acids is 2. The smallest absolute Gasteiger partial charge is 0.305 e. The summed E-state index contributed by atoms with van der Waals surface area (Å²) in [4.78, 5) is 28.4. The molecule has 218 valence electrons. The number of nitrogens with zero attached hydrogens (tertiary/aromatic N) is 1. The van der Waals surface area contributed by atoms with Crippen LogP contribution in [0.1, 0.15) is 64.4 Å². The number of carbonyl (C=O) groups is 2. The summed E-state index contributed by atoms with van der Waals surface area (Å²) < 4.78 is 38.1. The third-order valence-corrected chi connectivity index (χ3v) is 7.82. The van der Waals surface area contributed by atoms with Crippen LogP contribution in [-0.4, -0.2) is 43.5 Å². The number of amides is 1. The van der Waals surface area contributed by atoms with Crippen molar-refractivity contribution >= 4 is 11.9 Å². The molecule has 0 radical (unpaired) electrons. The number of benzene rings is 3. The molecule has 1 aliphatic rings. The molecular formula is C33H38F2N2O4. The van der Waals surface area contributed by atoms with Gasteiger partial charge in [0.25, 0.3) is 5.91 Å². The molecule has 1 heterocycles. The van der Waals surface area contributed by atoms with Gasteiger partial charge in [0.15, 0.2) is 11.6 Å². The van der Waals surface area contributed by atoms with Crippen LogP contribution >= 0.6 is 0 Å². The van der Waals surface area contributed by atoms with Crippen LogP contribution in [0.5, 0.6) is 5.75 Å². The molecule has 1 saturated heterocycles. The van der Waals surface area contributed by atoms with Gasteiger partial charge in [-0.1, -0.05) is 48.4 Å². The van der Waals surface area contributed by atoms with Crippen molar-refractivity contribution in [2.24, 2.45) is 0 Å². The number of halogens is 2. The second kappa shape index (κ2) is 13.3. The Morgan fingerprint density at radius 2 is 1.68 bits per heavy atom. The molecule has 1 N–H and O–H groups in total.